The first-order chi connectivity index (χ1) is 13.9. The minimum absolute atomic E-state index is 0.0278. The van der Waals surface area contributed by atoms with E-state index in [2.05, 4.69) is 4.74 Å². The van der Waals surface area contributed by atoms with Crippen molar-refractivity contribution in [3.05, 3.63) is 12.2 Å². The number of rotatable bonds is 12. The Balaban J connectivity index is -0.000000155. The summed E-state index contributed by atoms with van der Waals surface area (Å²) < 4.78 is 4.63. The largest absolute Gasteiger partial charge is 0.481 e. The van der Waals surface area contributed by atoms with Gasteiger partial charge in [-0.05, 0) is 19.8 Å². The number of aliphatic hydroxyl groups is 4. The van der Waals surface area contributed by atoms with Crippen LogP contribution in [0.2, 0.25) is 0 Å². The van der Waals surface area contributed by atoms with Crippen LogP contribution in [0.5, 0.6) is 0 Å². The van der Waals surface area contributed by atoms with Gasteiger partial charge in [0.2, 0.25) is 0 Å². The molecule has 13 heteroatoms. The van der Waals surface area contributed by atoms with E-state index < -0.39 is 30.0 Å². The van der Waals surface area contributed by atoms with Crippen LogP contribution in [0.25, 0.3) is 0 Å². The normalized spacial score (nSPS) is 10.3. The number of hydrogen-bond donors (Lipinski definition) is 8. The van der Waals surface area contributed by atoms with Gasteiger partial charge >= 0.3 is 23.9 Å². The molecule has 0 saturated carbocycles. The quantitative estimate of drug-likeness (QED) is 0.130. The van der Waals surface area contributed by atoms with Crippen LogP contribution in [0.3, 0.4) is 0 Å². The van der Waals surface area contributed by atoms with Crippen molar-refractivity contribution in [2.75, 3.05) is 33.0 Å². The average Bonchev–Trinajstić information content (AvgIpc) is 2.65. The van der Waals surface area contributed by atoms with E-state index in [1.165, 1.54) is 6.92 Å². The minimum Gasteiger partial charge on any atom is -0.481 e. The van der Waals surface area contributed by atoms with Crippen LogP contribution in [0.4, 0.5) is 0 Å². The molecule has 0 saturated heterocycles. The van der Waals surface area contributed by atoms with Gasteiger partial charge in [0.1, 0.15) is 0 Å². The molecule has 0 amide bonds. The smallest absolute Gasteiger partial charge is 0.328 e. The molecule has 30 heavy (non-hydrogen) atoms. The summed E-state index contributed by atoms with van der Waals surface area (Å²) in [7, 11) is 0. The van der Waals surface area contributed by atoms with Crippen molar-refractivity contribution in [2.24, 2.45) is 0 Å². The summed E-state index contributed by atoms with van der Waals surface area (Å²) in [5.41, 5.74) is 0. The van der Waals surface area contributed by atoms with Crippen LogP contribution >= 0.6 is 0 Å². The lowest BCUT2D eigenvalue weighted by Crippen LogP contribution is -2.03. The molecule has 0 aromatic carbocycles. The fourth-order valence-electron chi connectivity index (χ4n) is 0.926. The molecule has 0 aromatic heterocycles. The first-order valence-corrected chi connectivity index (χ1v) is 8.60. The molecule has 0 radical (unpaired) electrons. The second kappa shape index (κ2) is 28.6. The summed E-state index contributed by atoms with van der Waals surface area (Å²) in [5, 5.41) is 64.1. The lowest BCUT2D eigenvalue weighted by Gasteiger charge is -1.94. The van der Waals surface area contributed by atoms with Crippen molar-refractivity contribution in [3.63, 3.8) is 0 Å². The van der Waals surface area contributed by atoms with E-state index >= 15 is 0 Å². The SMILES string of the molecule is CC(O)CO.O=C(O)/C=C/C(=O)O.O=C(O)CCCCC(=O)O.OCCOCCO. The number of aliphatic carboxylic acids is 4. The monoisotopic (exact) mass is 444 g/mol. The number of carboxylic acid groups (broad SMARTS) is 4. The molecule has 178 valence electrons. The maximum Gasteiger partial charge on any atom is 0.328 e. The van der Waals surface area contributed by atoms with Crippen molar-refractivity contribution >= 4 is 23.9 Å². The zero-order chi connectivity index (χ0) is 24.4. The van der Waals surface area contributed by atoms with Crippen molar-refractivity contribution in [2.45, 2.75) is 38.7 Å². The highest BCUT2D eigenvalue weighted by molar-refractivity contribution is 5.89. The van der Waals surface area contributed by atoms with E-state index in [-0.39, 0.29) is 32.7 Å². The Hall–Kier alpha value is -2.58. The van der Waals surface area contributed by atoms with Crippen molar-refractivity contribution in [3.8, 4) is 0 Å². The Morgan fingerprint density at radius 3 is 1.23 bits per heavy atom. The highest BCUT2D eigenvalue weighted by atomic mass is 16.5. The summed E-state index contributed by atoms with van der Waals surface area (Å²) in [4.78, 5) is 38.9. The van der Waals surface area contributed by atoms with Crippen molar-refractivity contribution in [1.82, 2.24) is 0 Å². The molecule has 0 bridgehead atoms. The van der Waals surface area contributed by atoms with Crippen LogP contribution < -0.4 is 0 Å². The summed E-state index contributed by atoms with van der Waals surface area (Å²) in [5.74, 6) is -4.25. The molecule has 13 nitrogen and oxygen atoms in total. The summed E-state index contributed by atoms with van der Waals surface area (Å²) in [6.45, 7) is 2.08. The fourth-order valence-corrected chi connectivity index (χ4v) is 0.926. The van der Waals surface area contributed by atoms with E-state index in [0.717, 1.165) is 0 Å². The topological polar surface area (TPSA) is 239 Å². The van der Waals surface area contributed by atoms with Crippen molar-refractivity contribution in [1.29, 1.82) is 0 Å². The third-order valence-electron chi connectivity index (χ3n) is 2.14. The van der Waals surface area contributed by atoms with Crippen LogP contribution in [-0.2, 0) is 23.9 Å². The number of aliphatic hydroxyl groups excluding tert-OH is 4. The number of carboxylic acids is 4. The molecule has 1 unspecified atom stereocenters. The Bertz CT molecular complexity index is 425. The van der Waals surface area contributed by atoms with Gasteiger partial charge in [0, 0.05) is 25.0 Å². The van der Waals surface area contributed by atoms with E-state index in [1.54, 1.807) is 0 Å². The highest BCUT2D eigenvalue weighted by Crippen LogP contribution is 1.98. The average molecular weight is 444 g/mol. The zero-order valence-corrected chi connectivity index (χ0v) is 16.7. The van der Waals surface area contributed by atoms with Gasteiger partial charge in [0.15, 0.2) is 0 Å². The van der Waals surface area contributed by atoms with Gasteiger partial charge in [-0.25, -0.2) is 9.59 Å². The van der Waals surface area contributed by atoms with Crippen molar-refractivity contribution < 1.29 is 64.8 Å². The van der Waals surface area contributed by atoms with Gasteiger partial charge in [-0.2, -0.15) is 0 Å². The second-order valence-corrected chi connectivity index (χ2v) is 5.10. The Kier molecular flexibility index (Phi) is 33.3. The summed E-state index contributed by atoms with van der Waals surface area (Å²) in [6.07, 6.45) is 1.57. The Morgan fingerprint density at radius 1 is 0.767 bits per heavy atom. The third kappa shape index (κ3) is 63.8. The lowest BCUT2D eigenvalue weighted by atomic mass is 10.2. The molecule has 0 heterocycles. The van der Waals surface area contributed by atoms with Gasteiger partial charge in [0.05, 0.1) is 39.1 Å². The zero-order valence-electron chi connectivity index (χ0n) is 16.7. The van der Waals surface area contributed by atoms with Crippen LogP contribution in [0, 0.1) is 0 Å². The lowest BCUT2D eigenvalue weighted by molar-refractivity contribution is -0.139. The molecule has 0 aliphatic heterocycles. The van der Waals surface area contributed by atoms with Crippen LogP contribution in [0.15, 0.2) is 12.2 Å². The predicted molar refractivity (Wildman–Crippen MR) is 102 cm³/mol. The number of hydrogen-bond acceptors (Lipinski definition) is 9. The van der Waals surface area contributed by atoms with Gasteiger partial charge in [-0.3, -0.25) is 9.59 Å². The van der Waals surface area contributed by atoms with Gasteiger partial charge in [-0.1, -0.05) is 0 Å². The predicted octanol–water partition coefficient (Wildman–Crippen LogP) is -1.23. The summed E-state index contributed by atoms with van der Waals surface area (Å²) >= 11 is 0. The third-order valence-corrected chi connectivity index (χ3v) is 2.14. The van der Waals surface area contributed by atoms with Gasteiger partial charge in [-0.15, -0.1) is 0 Å². The first kappa shape index (κ1) is 34.9. The fraction of sp³-hybridized carbons (Fsp3) is 0.647. The molecular formula is C17H32O13. The van der Waals surface area contributed by atoms with Gasteiger partial charge in [0.25, 0.3) is 0 Å². The molecule has 8 N–H and O–H groups in total. The maximum absolute atomic E-state index is 9.90. The minimum atomic E-state index is -1.26. The molecule has 1 atom stereocenters. The highest BCUT2D eigenvalue weighted by Gasteiger charge is 1.99. The molecule has 0 aliphatic rings. The number of unbranched alkanes of at least 4 members (excludes halogenated alkanes) is 1. The molecule has 0 aliphatic carbocycles. The molecular weight excluding hydrogens is 412 g/mol. The summed E-state index contributed by atoms with van der Waals surface area (Å²) in [6, 6.07) is 0. The standard InChI is InChI=1S/C6H10O4.C4H4O4.C4H10O3.C3H8O2/c7-5(8)3-1-2-4-6(9)10;5-3(6)1-2-4(7)8;5-1-3-7-4-2-6;1-3(5)2-4/h1-4H2,(H,7,8)(H,9,10);1-2H,(H,5,6)(H,7,8);5-6H,1-4H2;3-5H,2H2,1H3/b;2-1+;;. The molecule has 0 spiro atoms. The van der Waals surface area contributed by atoms with E-state index in [9.17, 15) is 19.2 Å². The Morgan fingerprint density at radius 2 is 1.07 bits per heavy atom. The maximum atomic E-state index is 9.90. The van der Waals surface area contributed by atoms with Crippen LogP contribution in [0.1, 0.15) is 32.6 Å². The van der Waals surface area contributed by atoms with Gasteiger partial charge < -0.3 is 45.6 Å². The second-order valence-electron chi connectivity index (χ2n) is 5.10. The van der Waals surface area contributed by atoms with E-state index in [0.29, 0.717) is 38.2 Å². The number of carbonyl (C=O) groups is 4. The Labute approximate surface area is 173 Å². The van der Waals surface area contributed by atoms with E-state index in [4.69, 9.17) is 40.9 Å². The molecule has 0 fully saturated rings. The first-order valence-electron chi connectivity index (χ1n) is 8.60. The molecule has 0 rings (SSSR count). The molecule has 0 aromatic rings. The van der Waals surface area contributed by atoms with Crippen LogP contribution in [-0.4, -0.2) is 104 Å². The van der Waals surface area contributed by atoms with E-state index in [1.807, 2.05) is 0 Å². The number of ether oxygens (including phenoxy) is 1.